The minimum Gasteiger partial charge on any atom is -0.481 e. The topological polar surface area (TPSA) is 88.3 Å². The summed E-state index contributed by atoms with van der Waals surface area (Å²) < 4.78 is 1.48. The van der Waals surface area contributed by atoms with Crippen LogP contribution < -0.4 is 0 Å². The largest absolute Gasteiger partial charge is 0.481 e. The molecule has 2 aromatic rings. The molecule has 0 unspecified atom stereocenters. The van der Waals surface area contributed by atoms with Crippen LogP contribution in [0.3, 0.4) is 0 Å². The molecule has 1 heterocycles. The van der Waals surface area contributed by atoms with Crippen LogP contribution in [0.5, 0.6) is 0 Å². The Bertz CT molecular complexity index is 639. The van der Waals surface area contributed by atoms with Gasteiger partial charge in [0.15, 0.2) is 0 Å². The third kappa shape index (κ3) is 4.41. The fourth-order valence-electron chi connectivity index (χ4n) is 1.97. The average Bonchev–Trinajstić information content (AvgIpc) is 2.96. The Morgan fingerprint density at radius 3 is 2.68 bits per heavy atom. The van der Waals surface area contributed by atoms with Gasteiger partial charge >= 0.3 is 5.97 Å². The van der Waals surface area contributed by atoms with E-state index in [-0.39, 0.29) is 18.9 Å². The third-order valence-corrected chi connectivity index (χ3v) is 3.22. The van der Waals surface area contributed by atoms with Gasteiger partial charge in [0, 0.05) is 25.6 Å². The highest BCUT2D eigenvalue weighted by atomic mass is 16.4. The molecule has 0 saturated carbocycles. The predicted molar refractivity (Wildman–Crippen MR) is 80.0 cm³/mol. The number of carboxylic acid groups (broad SMARTS) is 1. The van der Waals surface area contributed by atoms with Crippen molar-refractivity contribution in [1.82, 2.24) is 19.9 Å². The molecule has 0 aliphatic heterocycles. The molecule has 0 radical (unpaired) electrons. The van der Waals surface area contributed by atoms with E-state index in [1.54, 1.807) is 13.2 Å². The summed E-state index contributed by atoms with van der Waals surface area (Å²) in [5.74, 6) is -0.987. The van der Waals surface area contributed by atoms with Gasteiger partial charge < -0.3 is 10.0 Å². The summed E-state index contributed by atoms with van der Waals surface area (Å²) in [4.78, 5) is 24.0. The predicted octanol–water partition coefficient (Wildman–Crippen LogP) is 1.27. The van der Waals surface area contributed by atoms with Crippen molar-refractivity contribution in [3.05, 3.63) is 36.5 Å². The first kappa shape index (κ1) is 15.7. The monoisotopic (exact) mass is 302 g/mol. The molecule has 0 atom stereocenters. The SMILES string of the molecule is CN(CCCC(=O)O)C(=O)Cn1cc(-c2ccccc2)nn1. The van der Waals surface area contributed by atoms with Gasteiger partial charge in [0.05, 0.1) is 6.20 Å². The second kappa shape index (κ2) is 7.35. The number of carboxylic acids is 1. The van der Waals surface area contributed by atoms with E-state index in [2.05, 4.69) is 10.3 Å². The Balaban J connectivity index is 1.89. The highest BCUT2D eigenvalue weighted by Crippen LogP contribution is 2.14. The van der Waals surface area contributed by atoms with Crippen LogP contribution in [0.1, 0.15) is 12.8 Å². The van der Waals surface area contributed by atoms with Gasteiger partial charge in [-0.15, -0.1) is 5.10 Å². The second-order valence-corrected chi connectivity index (χ2v) is 4.98. The average molecular weight is 302 g/mol. The summed E-state index contributed by atoms with van der Waals surface area (Å²) in [6.07, 6.45) is 2.21. The summed E-state index contributed by atoms with van der Waals surface area (Å²) in [7, 11) is 1.65. The van der Waals surface area contributed by atoms with E-state index in [1.807, 2.05) is 30.3 Å². The number of rotatable bonds is 7. The Morgan fingerprint density at radius 1 is 1.27 bits per heavy atom. The number of aliphatic carboxylic acids is 1. The molecule has 0 spiro atoms. The number of nitrogens with zero attached hydrogens (tertiary/aromatic N) is 4. The van der Waals surface area contributed by atoms with E-state index < -0.39 is 5.97 Å². The third-order valence-electron chi connectivity index (χ3n) is 3.22. The maximum absolute atomic E-state index is 12.0. The normalized spacial score (nSPS) is 10.4. The lowest BCUT2D eigenvalue weighted by Gasteiger charge is -2.16. The Labute approximate surface area is 128 Å². The van der Waals surface area contributed by atoms with Crippen LogP contribution in [0.15, 0.2) is 36.5 Å². The van der Waals surface area contributed by atoms with Gasteiger partial charge in [-0.3, -0.25) is 9.59 Å². The van der Waals surface area contributed by atoms with Crippen LogP contribution in [-0.2, 0) is 16.1 Å². The van der Waals surface area contributed by atoms with Gasteiger partial charge in [-0.1, -0.05) is 35.5 Å². The molecule has 0 fully saturated rings. The van der Waals surface area contributed by atoms with Gasteiger partial charge in [-0.05, 0) is 6.42 Å². The molecule has 1 aromatic heterocycles. The van der Waals surface area contributed by atoms with Gasteiger partial charge in [0.25, 0.3) is 0 Å². The first-order chi connectivity index (χ1) is 10.6. The molecule has 7 heteroatoms. The van der Waals surface area contributed by atoms with E-state index in [0.29, 0.717) is 18.7 Å². The van der Waals surface area contributed by atoms with Crippen molar-refractivity contribution in [3.63, 3.8) is 0 Å². The molecule has 1 N–H and O–H groups in total. The molecule has 7 nitrogen and oxygen atoms in total. The minimum absolute atomic E-state index is 0.0547. The molecular formula is C15H18N4O3. The van der Waals surface area contributed by atoms with Crippen molar-refractivity contribution in [3.8, 4) is 11.3 Å². The summed E-state index contributed by atoms with van der Waals surface area (Å²) in [5.41, 5.74) is 1.65. The Hall–Kier alpha value is -2.70. The summed E-state index contributed by atoms with van der Waals surface area (Å²) in [5, 5.41) is 16.6. The van der Waals surface area contributed by atoms with Crippen molar-refractivity contribution >= 4 is 11.9 Å². The maximum atomic E-state index is 12.0. The summed E-state index contributed by atoms with van der Waals surface area (Å²) in [6, 6.07) is 9.59. The molecule has 116 valence electrons. The number of likely N-dealkylation sites (N-methyl/N-ethyl adjacent to an activating group) is 1. The van der Waals surface area contributed by atoms with E-state index in [4.69, 9.17) is 5.11 Å². The Morgan fingerprint density at radius 2 is 2.00 bits per heavy atom. The van der Waals surface area contributed by atoms with Crippen molar-refractivity contribution < 1.29 is 14.7 Å². The van der Waals surface area contributed by atoms with Crippen molar-refractivity contribution in [2.24, 2.45) is 0 Å². The second-order valence-electron chi connectivity index (χ2n) is 4.98. The zero-order chi connectivity index (χ0) is 15.9. The molecule has 2 rings (SSSR count). The maximum Gasteiger partial charge on any atom is 0.303 e. The van der Waals surface area contributed by atoms with Crippen LogP contribution in [0.2, 0.25) is 0 Å². The molecular weight excluding hydrogens is 284 g/mol. The van der Waals surface area contributed by atoms with Crippen LogP contribution in [0.4, 0.5) is 0 Å². The van der Waals surface area contributed by atoms with E-state index in [9.17, 15) is 9.59 Å². The first-order valence-corrected chi connectivity index (χ1v) is 6.97. The van der Waals surface area contributed by atoms with Gasteiger partial charge in [-0.25, -0.2) is 4.68 Å². The Kier molecular flexibility index (Phi) is 5.24. The zero-order valence-corrected chi connectivity index (χ0v) is 12.3. The van der Waals surface area contributed by atoms with Crippen LogP contribution in [0.25, 0.3) is 11.3 Å². The smallest absolute Gasteiger partial charge is 0.303 e. The molecule has 0 aliphatic rings. The highest BCUT2D eigenvalue weighted by Gasteiger charge is 2.12. The number of benzene rings is 1. The lowest BCUT2D eigenvalue weighted by atomic mass is 10.2. The van der Waals surface area contributed by atoms with Crippen LogP contribution in [-0.4, -0.2) is 50.5 Å². The fourth-order valence-corrected chi connectivity index (χ4v) is 1.97. The number of carbonyl (C=O) groups excluding carboxylic acids is 1. The standard InChI is InChI=1S/C15H18N4O3/c1-18(9-5-8-15(21)22)14(20)11-19-10-13(16-17-19)12-6-3-2-4-7-12/h2-4,6-7,10H,5,8-9,11H2,1H3,(H,21,22). The van der Waals surface area contributed by atoms with E-state index >= 15 is 0 Å². The molecule has 1 amide bonds. The van der Waals surface area contributed by atoms with Crippen molar-refractivity contribution in [2.75, 3.05) is 13.6 Å². The van der Waals surface area contributed by atoms with E-state index in [1.165, 1.54) is 9.58 Å². The molecule has 22 heavy (non-hydrogen) atoms. The molecule has 0 bridgehead atoms. The van der Waals surface area contributed by atoms with Crippen molar-refractivity contribution in [1.29, 1.82) is 0 Å². The number of carbonyl (C=O) groups is 2. The number of aromatic nitrogens is 3. The quantitative estimate of drug-likeness (QED) is 0.832. The number of hydrogen-bond donors (Lipinski definition) is 1. The van der Waals surface area contributed by atoms with Crippen molar-refractivity contribution in [2.45, 2.75) is 19.4 Å². The summed E-state index contributed by atoms with van der Waals surface area (Å²) in [6.45, 7) is 0.495. The van der Waals surface area contributed by atoms with Crippen LogP contribution >= 0.6 is 0 Å². The fraction of sp³-hybridized carbons (Fsp3) is 0.333. The first-order valence-electron chi connectivity index (χ1n) is 6.97. The molecule has 1 aromatic carbocycles. The lowest BCUT2D eigenvalue weighted by molar-refractivity contribution is -0.138. The van der Waals surface area contributed by atoms with Gasteiger partial charge in [0.1, 0.15) is 12.2 Å². The summed E-state index contributed by atoms with van der Waals surface area (Å²) >= 11 is 0. The minimum atomic E-state index is -0.857. The molecule has 0 saturated heterocycles. The highest BCUT2D eigenvalue weighted by molar-refractivity contribution is 5.75. The van der Waals surface area contributed by atoms with Gasteiger partial charge in [0.2, 0.25) is 5.91 Å². The lowest BCUT2D eigenvalue weighted by Crippen LogP contribution is -2.31. The number of hydrogen-bond acceptors (Lipinski definition) is 4. The van der Waals surface area contributed by atoms with Crippen LogP contribution in [0, 0.1) is 0 Å². The number of amides is 1. The van der Waals surface area contributed by atoms with Gasteiger partial charge in [-0.2, -0.15) is 0 Å². The van der Waals surface area contributed by atoms with E-state index in [0.717, 1.165) is 5.56 Å². The zero-order valence-electron chi connectivity index (χ0n) is 12.3. The molecule has 0 aliphatic carbocycles.